The van der Waals surface area contributed by atoms with Crippen LogP contribution in [0, 0.1) is 17.8 Å². The smallest absolute Gasteiger partial charge is 0.247 e. The standard InChI is InChI=1S/C38H49N3O5S/c1-8-20-39(27-16-18-29(19-17-27)46-10-3)34(43)31-30-22-25(4)38(47-30)32(31)35(44)41(28(24-42)23-26-14-12-11-13-15-26)33(38)36(45)40(21-9-2)37(5,6)7/h8-9,11-19,25,28,30-33,42H,1-2,10,20-24H2,3-7H3/t25?,28-,30-,31+,32+,33?,38?/m1/s1. The van der Waals surface area contributed by atoms with Gasteiger partial charge in [0.15, 0.2) is 0 Å². The van der Waals surface area contributed by atoms with Crippen LogP contribution in [0.3, 0.4) is 0 Å². The van der Waals surface area contributed by atoms with Crippen molar-refractivity contribution in [3.8, 4) is 5.75 Å². The maximum Gasteiger partial charge on any atom is 0.247 e. The van der Waals surface area contributed by atoms with Crippen LogP contribution in [0.2, 0.25) is 0 Å². The number of fused-ring (bicyclic) bond motifs is 1. The molecule has 2 aromatic carbocycles. The third-order valence-corrected chi connectivity index (χ3v) is 12.1. The van der Waals surface area contributed by atoms with E-state index >= 15 is 4.79 Å². The summed E-state index contributed by atoms with van der Waals surface area (Å²) in [5.74, 6) is -1.17. The van der Waals surface area contributed by atoms with Crippen LogP contribution in [0.15, 0.2) is 79.9 Å². The molecular weight excluding hydrogens is 611 g/mol. The Morgan fingerprint density at radius 1 is 1.09 bits per heavy atom. The van der Waals surface area contributed by atoms with Crippen molar-refractivity contribution in [3.05, 3.63) is 85.5 Å². The highest BCUT2D eigenvalue weighted by atomic mass is 32.2. The van der Waals surface area contributed by atoms with Crippen molar-refractivity contribution in [1.82, 2.24) is 9.80 Å². The number of hydrogen-bond donors (Lipinski definition) is 1. The van der Waals surface area contributed by atoms with Crippen molar-refractivity contribution in [2.75, 3.05) is 31.2 Å². The van der Waals surface area contributed by atoms with Crippen LogP contribution < -0.4 is 9.64 Å². The van der Waals surface area contributed by atoms with E-state index in [-0.39, 0.29) is 42.0 Å². The van der Waals surface area contributed by atoms with Gasteiger partial charge in [-0.3, -0.25) is 14.4 Å². The van der Waals surface area contributed by atoms with Crippen molar-refractivity contribution in [2.24, 2.45) is 17.8 Å². The molecule has 47 heavy (non-hydrogen) atoms. The van der Waals surface area contributed by atoms with E-state index in [0.717, 1.165) is 5.56 Å². The Morgan fingerprint density at radius 3 is 2.32 bits per heavy atom. The average molecular weight is 660 g/mol. The zero-order chi connectivity index (χ0) is 34.1. The van der Waals surface area contributed by atoms with Crippen LogP contribution in [0.1, 0.15) is 46.6 Å². The van der Waals surface area contributed by atoms with E-state index in [2.05, 4.69) is 20.1 Å². The molecule has 3 fully saturated rings. The summed E-state index contributed by atoms with van der Waals surface area (Å²) in [4.78, 5) is 49.9. The highest BCUT2D eigenvalue weighted by Gasteiger charge is 2.77. The molecule has 8 nitrogen and oxygen atoms in total. The first-order chi connectivity index (χ1) is 22.4. The zero-order valence-corrected chi connectivity index (χ0v) is 29.1. The number of carbonyl (C=O) groups excluding carboxylic acids is 3. The van der Waals surface area contributed by atoms with Gasteiger partial charge in [-0.25, -0.2) is 0 Å². The number of likely N-dealkylation sites (tertiary alicyclic amines) is 1. The zero-order valence-electron chi connectivity index (χ0n) is 28.3. The molecule has 0 aromatic heterocycles. The van der Waals surface area contributed by atoms with Gasteiger partial charge in [-0.2, -0.15) is 0 Å². The summed E-state index contributed by atoms with van der Waals surface area (Å²) >= 11 is 1.65. The maximum atomic E-state index is 15.0. The molecule has 0 radical (unpaired) electrons. The summed E-state index contributed by atoms with van der Waals surface area (Å²) < 4.78 is 4.80. The van der Waals surface area contributed by atoms with E-state index in [4.69, 9.17) is 4.74 Å². The number of amides is 3. The lowest BCUT2D eigenvalue weighted by Gasteiger charge is -2.45. The second-order valence-electron chi connectivity index (χ2n) is 13.9. The van der Waals surface area contributed by atoms with E-state index in [0.29, 0.717) is 37.4 Å². The van der Waals surface area contributed by atoms with E-state index in [1.165, 1.54) is 0 Å². The number of thioether (sulfide) groups is 1. The monoisotopic (exact) mass is 659 g/mol. The highest BCUT2D eigenvalue weighted by molar-refractivity contribution is 8.02. The fourth-order valence-electron chi connectivity index (χ4n) is 8.04. The quantitative estimate of drug-likeness (QED) is 0.292. The van der Waals surface area contributed by atoms with Crippen molar-refractivity contribution in [1.29, 1.82) is 0 Å². The molecular formula is C38H49N3O5S. The predicted molar refractivity (Wildman–Crippen MR) is 188 cm³/mol. The Hall–Kier alpha value is -3.56. The molecule has 0 aliphatic carbocycles. The van der Waals surface area contributed by atoms with Gasteiger partial charge in [-0.15, -0.1) is 24.9 Å². The lowest BCUT2D eigenvalue weighted by atomic mass is 9.65. The number of rotatable bonds is 13. The van der Waals surface area contributed by atoms with Gasteiger partial charge < -0.3 is 24.5 Å². The summed E-state index contributed by atoms with van der Waals surface area (Å²) in [5, 5.41) is 10.7. The Morgan fingerprint density at radius 2 is 1.74 bits per heavy atom. The van der Waals surface area contributed by atoms with Crippen molar-refractivity contribution in [3.63, 3.8) is 0 Å². The summed E-state index contributed by atoms with van der Waals surface area (Å²) in [6, 6.07) is 15.6. The summed E-state index contributed by atoms with van der Waals surface area (Å²) in [7, 11) is 0. The fourth-order valence-corrected chi connectivity index (χ4v) is 10.4. The van der Waals surface area contributed by atoms with Crippen molar-refractivity contribution < 1.29 is 24.2 Å². The second kappa shape index (κ2) is 13.9. The third kappa shape index (κ3) is 6.13. The third-order valence-electron chi connectivity index (χ3n) is 10.0. The van der Waals surface area contributed by atoms with Gasteiger partial charge in [-0.05, 0) is 76.3 Å². The number of nitrogens with zero attached hydrogens (tertiary/aromatic N) is 3. The molecule has 7 atom stereocenters. The highest BCUT2D eigenvalue weighted by Crippen LogP contribution is 2.69. The molecule has 3 heterocycles. The molecule has 0 saturated carbocycles. The number of aliphatic hydroxyl groups is 1. The molecule has 5 rings (SSSR count). The van der Waals surface area contributed by atoms with Crippen LogP contribution in [0.25, 0.3) is 0 Å². The van der Waals surface area contributed by atoms with E-state index in [1.54, 1.807) is 38.6 Å². The van der Waals surface area contributed by atoms with Gasteiger partial charge in [0, 0.05) is 29.6 Å². The minimum absolute atomic E-state index is 0.00519. The van der Waals surface area contributed by atoms with E-state index < -0.39 is 34.2 Å². The lowest BCUT2D eigenvalue weighted by molar-refractivity contribution is -0.148. The topological polar surface area (TPSA) is 90.4 Å². The van der Waals surface area contributed by atoms with Gasteiger partial charge in [-0.1, -0.05) is 49.4 Å². The predicted octanol–water partition coefficient (Wildman–Crippen LogP) is 5.36. The normalized spacial score (nSPS) is 26.9. The minimum atomic E-state index is -0.846. The molecule has 2 aromatic rings. The Balaban J connectivity index is 1.61. The van der Waals surface area contributed by atoms with Crippen molar-refractivity contribution in [2.45, 2.75) is 75.1 Å². The summed E-state index contributed by atoms with van der Waals surface area (Å²) in [5.41, 5.74) is 1.12. The van der Waals surface area contributed by atoms with Gasteiger partial charge in [0.25, 0.3) is 0 Å². The van der Waals surface area contributed by atoms with Gasteiger partial charge in [0.1, 0.15) is 11.8 Å². The molecule has 3 aliphatic heterocycles. The first-order valence-corrected chi connectivity index (χ1v) is 17.5. The number of ether oxygens (including phenoxy) is 1. The number of anilines is 1. The first kappa shape index (κ1) is 34.8. The Bertz CT molecular complexity index is 1470. The van der Waals surface area contributed by atoms with Crippen LogP contribution in [0.5, 0.6) is 5.75 Å². The van der Waals surface area contributed by atoms with E-state index in [9.17, 15) is 14.7 Å². The number of carbonyl (C=O) groups is 3. The average Bonchev–Trinajstić information content (AvgIpc) is 3.65. The molecule has 3 unspecified atom stereocenters. The molecule has 1 spiro atoms. The van der Waals surface area contributed by atoms with Gasteiger partial charge in [0.05, 0.1) is 35.8 Å². The first-order valence-electron chi connectivity index (χ1n) is 16.7. The second-order valence-corrected chi connectivity index (χ2v) is 15.4. The van der Waals surface area contributed by atoms with Gasteiger partial charge in [0.2, 0.25) is 17.7 Å². The number of benzene rings is 2. The van der Waals surface area contributed by atoms with Crippen LogP contribution in [-0.4, -0.2) is 86.6 Å². The van der Waals surface area contributed by atoms with Gasteiger partial charge >= 0.3 is 0 Å². The van der Waals surface area contributed by atoms with Crippen LogP contribution in [-0.2, 0) is 20.8 Å². The molecule has 9 heteroatoms. The largest absolute Gasteiger partial charge is 0.494 e. The Kier molecular flexibility index (Phi) is 10.3. The van der Waals surface area contributed by atoms with Crippen molar-refractivity contribution >= 4 is 35.2 Å². The van der Waals surface area contributed by atoms with E-state index in [1.807, 2.05) is 82.3 Å². The summed E-state index contributed by atoms with van der Waals surface area (Å²) in [6.45, 7) is 18.7. The van der Waals surface area contributed by atoms with Crippen LogP contribution in [0.4, 0.5) is 5.69 Å². The number of aliphatic hydroxyl groups excluding tert-OH is 1. The SMILES string of the molecule is C=CCN(C(=O)[C@@H]1[C@H]2C(=O)N([C@@H](CO)Cc3ccccc3)C(C(=O)N(CC=C)C(C)(C)C)C23S[C@@H]1CC3C)c1ccc(OCC)cc1. The molecule has 2 bridgehead atoms. The molecule has 3 amide bonds. The number of hydrogen-bond acceptors (Lipinski definition) is 6. The lowest BCUT2D eigenvalue weighted by Crippen LogP contribution is -2.62. The fraction of sp³-hybridized carbons (Fsp3) is 0.500. The van der Waals surface area contributed by atoms with Crippen LogP contribution >= 0.6 is 11.8 Å². The summed E-state index contributed by atoms with van der Waals surface area (Å²) in [6.07, 6.45) is 4.52. The molecule has 3 saturated heterocycles. The Labute approximate surface area is 283 Å². The maximum absolute atomic E-state index is 15.0. The minimum Gasteiger partial charge on any atom is -0.494 e. The molecule has 3 aliphatic rings. The molecule has 252 valence electrons. The molecule has 1 N–H and O–H groups in total.